The molecular formula is C26H19N3O3. The lowest BCUT2D eigenvalue weighted by Crippen LogP contribution is -2.15. The maximum atomic E-state index is 11.2. The molecule has 5 aromatic rings. The summed E-state index contributed by atoms with van der Waals surface area (Å²) in [5, 5.41) is 1.99. The average molecular weight is 421 g/mol. The number of benzene rings is 2. The molecule has 0 unspecified atom stereocenters. The second kappa shape index (κ2) is 7.20. The van der Waals surface area contributed by atoms with Crippen LogP contribution < -0.4 is 9.47 Å². The Hall–Kier alpha value is -4.19. The van der Waals surface area contributed by atoms with Gasteiger partial charge < -0.3 is 9.47 Å². The van der Waals surface area contributed by atoms with Gasteiger partial charge in [-0.3, -0.25) is 14.3 Å². The molecule has 0 aliphatic carbocycles. The van der Waals surface area contributed by atoms with Gasteiger partial charge in [-0.15, -0.1) is 0 Å². The number of carbonyl (C=O) groups is 1. The highest BCUT2D eigenvalue weighted by Gasteiger charge is 2.16. The summed E-state index contributed by atoms with van der Waals surface area (Å²) in [6.45, 7) is 3.08. The van der Waals surface area contributed by atoms with E-state index in [9.17, 15) is 4.79 Å². The fraction of sp³-hybridized carbons (Fsp3) is 0.115. The SMILES string of the molecule is Cc1cc2cc(C=O)cnc2c(-n2ccc3c(-c4ccc5c(c4)OCCO5)cccc32)n1. The van der Waals surface area contributed by atoms with Gasteiger partial charge >= 0.3 is 0 Å². The molecule has 0 saturated heterocycles. The lowest BCUT2D eigenvalue weighted by Gasteiger charge is -2.19. The molecule has 1 aliphatic rings. The van der Waals surface area contributed by atoms with Crippen molar-refractivity contribution in [3.63, 3.8) is 0 Å². The largest absolute Gasteiger partial charge is 0.486 e. The summed E-state index contributed by atoms with van der Waals surface area (Å²) >= 11 is 0. The average Bonchev–Trinajstić information content (AvgIpc) is 3.27. The molecule has 1 aliphatic heterocycles. The van der Waals surface area contributed by atoms with Crippen molar-refractivity contribution in [3.8, 4) is 28.4 Å². The Kier molecular flexibility index (Phi) is 4.18. The van der Waals surface area contributed by atoms with E-state index in [2.05, 4.69) is 33.8 Å². The van der Waals surface area contributed by atoms with E-state index in [0.29, 0.717) is 18.8 Å². The van der Waals surface area contributed by atoms with Crippen LogP contribution >= 0.6 is 0 Å². The van der Waals surface area contributed by atoms with E-state index in [1.807, 2.05) is 43.5 Å². The van der Waals surface area contributed by atoms with Gasteiger partial charge in [0, 0.05) is 34.4 Å². The third kappa shape index (κ3) is 2.92. The number of aryl methyl sites for hydroxylation is 1. The summed E-state index contributed by atoms with van der Waals surface area (Å²) in [5.41, 5.74) is 5.36. The number of hydrogen-bond acceptors (Lipinski definition) is 5. The number of rotatable bonds is 3. The van der Waals surface area contributed by atoms with Crippen molar-refractivity contribution in [1.29, 1.82) is 0 Å². The Bertz CT molecular complexity index is 1520. The van der Waals surface area contributed by atoms with Crippen LogP contribution in [0.1, 0.15) is 16.1 Å². The summed E-state index contributed by atoms with van der Waals surface area (Å²) < 4.78 is 13.5. The Morgan fingerprint density at radius 3 is 2.75 bits per heavy atom. The van der Waals surface area contributed by atoms with Gasteiger partial charge in [0.05, 0.1) is 5.52 Å². The fourth-order valence-corrected chi connectivity index (χ4v) is 4.32. The molecule has 0 radical (unpaired) electrons. The van der Waals surface area contributed by atoms with E-state index in [4.69, 9.17) is 14.5 Å². The smallest absolute Gasteiger partial charge is 0.164 e. The van der Waals surface area contributed by atoms with Crippen molar-refractivity contribution in [2.24, 2.45) is 0 Å². The van der Waals surface area contributed by atoms with Crippen molar-refractivity contribution in [1.82, 2.24) is 14.5 Å². The second-order valence-corrected chi connectivity index (χ2v) is 7.83. The van der Waals surface area contributed by atoms with Gasteiger partial charge in [-0.05, 0) is 54.4 Å². The molecule has 0 amide bonds. The predicted molar refractivity (Wildman–Crippen MR) is 123 cm³/mol. The third-order valence-electron chi connectivity index (χ3n) is 5.75. The summed E-state index contributed by atoms with van der Waals surface area (Å²) in [4.78, 5) is 20.5. The minimum Gasteiger partial charge on any atom is -0.486 e. The molecule has 0 bridgehead atoms. The Balaban J connectivity index is 1.54. The topological polar surface area (TPSA) is 66.2 Å². The molecule has 2 aromatic carbocycles. The van der Waals surface area contributed by atoms with Gasteiger partial charge in [-0.25, -0.2) is 4.98 Å². The Morgan fingerprint density at radius 1 is 1.00 bits per heavy atom. The van der Waals surface area contributed by atoms with Crippen LogP contribution in [0.15, 0.2) is 67.0 Å². The minimum atomic E-state index is 0.548. The number of pyridine rings is 2. The highest BCUT2D eigenvalue weighted by molar-refractivity contribution is 5.98. The highest BCUT2D eigenvalue weighted by Crippen LogP contribution is 2.37. The van der Waals surface area contributed by atoms with Crippen molar-refractivity contribution < 1.29 is 14.3 Å². The quantitative estimate of drug-likeness (QED) is 0.378. The zero-order valence-corrected chi connectivity index (χ0v) is 17.4. The van der Waals surface area contributed by atoms with Gasteiger partial charge in [-0.2, -0.15) is 0 Å². The van der Waals surface area contributed by atoms with Crippen molar-refractivity contribution in [3.05, 3.63) is 78.2 Å². The highest BCUT2D eigenvalue weighted by atomic mass is 16.6. The molecule has 6 rings (SSSR count). The Labute approximate surface area is 184 Å². The molecule has 0 spiro atoms. The van der Waals surface area contributed by atoms with Crippen LogP contribution in [0.4, 0.5) is 0 Å². The fourth-order valence-electron chi connectivity index (χ4n) is 4.32. The number of nitrogens with zero attached hydrogens (tertiary/aromatic N) is 3. The van der Waals surface area contributed by atoms with E-state index < -0.39 is 0 Å². The number of ether oxygens (including phenoxy) is 2. The van der Waals surface area contributed by atoms with Crippen LogP contribution in [0, 0.1) is 6.92 Å². The second-order valence-electron chi connectivity index (χ2n) is 7.83. The van der Waals surface area contributed by atoms with Crippen LogP contribution in [0.2, 0.25) is 0 Å². The number of aromatic nitrogens is 3. The lowest BCUT2D eigenvalue weighted by molar-refractivity contribution is 0.112. The number of aldehydes is 1. The molecule has 0 saturated carbocycles. The van der Waals surface area contributed by atoms with E-state index in [0.717, 1.165) is 62.2 Å². The molecule has 4 heterocycles. The summed E-state index contributed by atoms with van der Waals surface area (Å²) in [6.07, 6.45) is 4.41. The standard InChI is InChI=1S/C26H19N3O3/c1-16-11-19-12-17(15-30)14-27-25(19)26(28-16)29-8-7-21-20(3-2-4-22(21)29)18-5-6-23-24(13-18)32-10-9-31-23/h2-8,11-15H,9-10H2,1H3. The lowest BCUT2D eigenvalue weighted by atomic mass is 10.0. The third-order valence-corrected chi connectivity index (χ3v) is 5.75. The van der Waals surface area contributed by atoms with E-state index in [1.165, 1.54) is 0 Å². The maximum absolute atomic E-state index is 11.2. The summed E-state index contributed by atoms with van der Waals surface area (Å²) in [5.74, 6) is 2.29. The molecule has 6 heteroatoms. The zero-order valence-electron chi connectivity index (χ0n) is 17.4. The van der Waals surface area contributed by atoms with E-state index >= 15 is 0 Å². The normalized spacial score (nSPS) is 12.9. The van der Waals surface area contributed by atoms with Gasteiger partial charge in [0.1, 0.15) is 18.7 Å². The molecule has 3 aromatic heterocycles. The van der Waals surface area contributed by atoms with Crippen LogP contribution in [0.5, 0.6) is 11.5 Å². The summed E-state index contributed by atoms with van der Waals surface area (Å²) in [6, 6.07) is 18.2. The number of fused-ring (bicyclic) bond motifs is 3. The minimum absolute atomic E-state index is 0.548. The first-order chi connectivity index (χ1) is 15.7. The molecule has 0 N–H and O–H groups in total. The first-order valence-corrected chi connectivity index (χ1v) is 10.4. The van der Waals surface area contributed by atoms with Crippen LogP contribution in [-0.4, -0.2) is 34.0 Å². The zero-order chi connectivity index (χ0) is 21.7. The molecule has 0 fully saturated rings. The Morgan fingerprint density at radius 2 is 1.88 bits per heavy atom. The van der Waals surface area contributed by atoms with Crippen LogP contribution in [0.3, 0.4) is 0 Å². The van der Waals surface area contributed by atoms with Gasteiger partial charge in [-0.1, -0.05) is 18.2 Å². The monoisotopic (exact) mass is 421 g/mol. The molecule has 32 heavy (non-hydrogen) atoms. The van der Waals surface area contributed by atoms with E-state index in [-0.39, 0.29) is 0 Å². The predicted octanol–water partition coefficient (Wildman–Crippen LogP) is 5.13. The number of carbonyl (C=O) groups excluding carboxylic acids is 1. The first kappa shape index (κ1) is 18.6. The molecule has 0 atom stereocenters. The van der Waals surface area contributed by atoms with Gasteiger partial charge in [0.15, 0.2) is 23.6 Å². The van der Waals surface area contributed by atoms with Crippen LogP contribution in [-0.2, 0) is 0 Å². The maximum Gasteiger partial charge on any atom is 0.164 e. The van der Waals surface area contributed by atoms with E-state index in [1.54, 1.807) is 6.20 Å². The molecular weight excluding hydrogens is 402 g/mol. The van der Waals surface area contributed by atoms with Crippen molar-refractivity contribution in [2.75, 3.05) is 13.2 Å². The van der Waals surface area contributed by atoms with Crippen LogP contribution in [0.25, 0.3) is 38.8 Å². The van der Waals surface area contributed by atoms with Crippen molar-refractivity contribution in [2.45, 2.75) is 6.92 Å². The van der Waals surface area contributed by atoms with Gasteiger partial charge in [0.2, 0.25) is 0 Å². The first-order valence-electron chi connectivity index (χ1n) is 10.4. The molecule has 6 nitrogen and oxygen atoms in total. The molecule has 156 valence electrons. The number of hydrogen-bond donors (Lipinski definition) is 0. The van der Waals surface area contributed by atoms with Crippen molar-refractivity contribution >= 4 is 28.1 Å². The summed E-state index contributed by atoms with van der Waals surface area (Å²) in [7, 11) is 0. The van der Waals surface area contributed by atoms with Gasteiger partial charge in [0.25, 0.3) is 0 Å².